The number of carboxylic acid groups (broad SMARTS) is 1. The van der Waals surface area contributed by atoms with Crippen LogP contribution in [0, 0.1) is 5.92 Å². The van der Waals surface area contributed by atoms with Crippen molar-refractivity contribution in [1.82, 2.24) is 0 Å². The third-order valence-corrected chi connectivity index (χ3v) is 4.67. The quantitative estimate of drug-likeness (QED) is 0.845. The third-order valence-electron chi connectivity index (χ3n) is 4.67. The normalized spacial score (nSPS) is 21.2. The van der Waals surface area contributed by atoms with Crippen molar-refractivity contribution in [3.63, 3.8) is 0 Å². The minimum atomic E-state index is -4.11. The Bertz CT molecular complexity index is 762. The summed E-state index contributed by atoms with van der Waals surface area (Å²) in [5, 5.41) is 10.7. The van der Waals surface area contributed by atoms with E-state index in [2.05, 4.69) is 0 Å². The van der Waals surface area contributed by atoms with E-state index in [-0.39, 0.29) is 25.4 Å². The van der Waals surface area contributed by atoms with E-state index in [1.165, 1.54) is 0 Å². The van der Waals surface area contributed by atoms with Crippen molar-refractivity contribution in [3.8, 4) is 5.75 Å². The van der Waals surface area contributed by atoms with E-state index in [0.717, 1.165) is 16.3 Å². The van der Waals surface area contributed by atoms with Gasteiger partial charge in [-0.1, -0.05) is 24.3 Å². The molecule has 0 amide bonds. The second-order valence-electron chi connectivity index (χ2n) is 6.55. The van der Waals surface area contributed by atoms with E-state index < -0.39 is 18.1 Å². The van der Waals surface area contributed by atoms with Crippen molar-refractivity contribution in [1.29, 1.82) is 0 Å². The predicted octanol–water partition coefficient (Wildman–Crippen LogP) is 4.97. The van der Waals surface area contributed by atoms with Crippen LogP contribution in [0.1, 0.15) is 31.2 Å². The molecule has 3 nitrogen and oxygen atoms in total. The number of halogens is 3. The Morgan fingerprint density at radius 3 is 2.32 bits per heavy atom. The topological polar surface area (TPSA) is 46.5 Å². The van der Waals surface area contributed by atoms with E-state index in [1.54, 1.807) is 12.1 Å². The summed E-state index contributed by atoms with van der Waals surface area (Å²) < 4.78 is 44.0. The molecule has 6 heteroatoms. The molecule has 0 aromatic heterocycles. The molecule has 1 fully saturated rings. The molecule has 0 atom stereocenters. The van der Waals surface area contributed by atoms with Crippen LogP contribution in [0.2, 0.25) is 0 Å². The number of alkyl halides is 3. The first kappa shape index (κ1) is 17.6. The van der Waals surface area contributed by atoms with Gasteiger partial charge in [0.25, 0.3) is 0 Å². The molecule has 0 saturated heterocycles. The molecule has 0 unspecified atom stereocenters. The highest BCUT2D eigenvalue weighted by molar-refractivity contribution is 5.85. The molecular weight excluding hydrogens is 333 g/mol. The lowest BCUT2D eigenvalue weighted by Crippen LogP contribution is -2.31. The number of rotatable bonds is 4. The first-order valence-corrected chi connectivity index (χ1v) is 8.29. The molecule has 0 bridgehead atoms. The third kappa shape index (κ3) is 4.44. The summed E-state index contributed by atoms with van der Waals surface area (Å²) in [5.74, 6) is -1.46. The molecule has 1 saturated carbocycles. The summed E-state index contributed by atoms with van der Waals surface area (Å²) in [5.41, 5.74) is 0.721. The lowest BCUT2D eigenvalue weighted by Gasteiger charge is -2.30. The molecule has 0 spiro atoms. The standard InChI is InChI=1S/C19H19F3O3/c20-19(21,22)15-4-7-16(8-5-15)25-17-6-3-13-9-12(10-18(23)24)1-2-14(13)11-17/h1-3,6,9,11,15-16H,4-5,7-8,10H2,(H,23,24)/t15-,16+. The van der Waals surface area contributed by atoms with Gasteiger partial charge in [-0.3, -0.25) is 4.79 Å². The Morgan fingerprint density at radius 2 is 1.68 bits per heavy atom. The number of ether oxygens (including phenoxy) is 1. The largest absolute Gasteiger partial charge is 0.490 e. The summed E-state index contributed by atoms with van der Waals surface area (Å²) in [6.07, 6.45) is -3.31. The van der Waals surface area contributed by atoms with Gasteiger partial charge in [0.1, 0.15) is 5.75 Å². The van der Waals surface area contributed by atoms with Crippen molar-refractivity contribution in [2.45, 2.75) is 44.4 Å². The van der Waals surface area contributed by atoms with Crippen LogP contribution in [0.25, 0.3) is 10.8 Å². The van der Waals surface area contributed by atoms with E-state index in [4.69, 9.17) is 9.84 Å². The van der Waals surface area contributed by atoms with Crippen LogP contribution < -0.4 is 4.74 Å². The van der Waals surface area contributed by atoms with Crippen LogP contribution in [-0.2, 0) is 11.2 Å². The second-order valence-corrected chi connectivity index (χ2v) is 6.55. The van der Waals surface area contributed by atoms with Crippen molar-refractivity contribution in [2.75, 3.05) is 0 Å². The molecule has 0 aliphatic heterocycles. The van der Waals surface area contributed by atoms with Gasteiger partial charge in [0.2, 0.25) is 0 Å². The molecule has 0 radical (unpaired) electrons. The summed E-state index contributed by atoms with van der Waals surface area (Å²) in [6.45, 7) is 0. The van der Waals surface area contributed by atoms with Crippen LogP contribution >= 0.6 is 0 Å². The summed E-state index contributed by atoms with van der Waals surface area (Å²) in [7, 11) is 0. The molecular formula is C19H19F3O3. The molecule has 1 N–H and O–H groups in total. The first-order chi connectivity index (χ1) is 11.8. The number of carbonyl (C=O) groups is 1. The highest BCUT2D eigenvalue weighted by atomic mass is 19.4. The van der Waals surface area contributed by atoms with E-state index in [1.807, 2.05) is 24.3 Å². The molecule has 0 heterocycles. The number of carboxylic acids is 1. The Hall–Kier alpha value is -2.24. The highest BCUT2D eigenvalue weighted by Crippen LogP contribution is 2.38. The van der Waals surface area contributed by atoms with Crippen molar-refractivity contribution in [3.05, 3.63) is 42.0 Å². The number of hydrogen-bond acceptors (Lipinski definition) is 2. The van der Waals surface area contributed by atoms with Crippen LogP contribution in [0.5, 0.6) is 5.75 Å². The fourth-order valence-electron chi connectivity index (χ4n) is 3.33. The maximum absolute atomic E-state index is 12.7. The molecule has 1 aliphatic carbocycles. The average Bonchev–Trinajstić information content (AvgIpc) is 2.54. The first-order valence-electron chi connectivity index (χ1n) is 8.29. The molecule has 1 aliphatic rings. The molecule has 25 heavy (non-hydrogen) atoms. The van der Waals surface area contributed by atoms with Crippen LogP contribution in [-0.4, -0.2) is 23.4 Å². The fourth-order valence-corrected chi connectivity index (χ4v) is 3.33. The van der Waals surface area contributed by atoms with Crippen LogP contribution in [0.4, 0.5) is 13.2 Å². The van der Waals surface area contributed by atoms with Crippen molar-refractivity contribution < 1.29 is 27.8 Å². The predicted molar refractivity (Wildman–Crippen MR) is 87.7 cm³/mol. The minimum Gasteiger partial charge on any atom is -0.490 e. The number of fused-ring (bicyclic) bond motifs is 1. The highest BCUT2D eigenvalue weighted by Gasteiger charge is 2.41. The lowest BCUT2D eigenvalue weighted by atomic mass is 9.87. The van der Waals surface area contributed by atoms with Gasteiger partial charge in [-0.15, -0.1) is 0 Å². The number of hydrogen-bond donors (Lipinski definition) is 1. The van der Waals surface area contributed by atoms with Gasteiger partial charge in [-0.25, -0.2) is 0 Å². The Balaban J connectivity index is 1.66. The fraction of sp³-hybridized carbons (Fsp3) is 0.421. The van der Waals surface area contributed by atoms with Gasteiger partial charge in [0.05, 0.1) is 18.4 Å². The van der Waals surface area contributed by atoms with E-state index in [9.17, 15) is 18.0 Å². The average molecular weight is 352 g/mol. The van der Waals surface area contributed by atoms with E-state index >= 15 is 0 Å². The van der Waals surface area contributed by atoms with E-state index in [0.29, 0.717) is 18.6 Å². The maximum Gasteiger partial charge on any atom is 0.391 e. The van der Waals surface area contributed by atoms with Crippen molar-refractivity contribution in [2.24, 2.45) is 5.92 Å². The Morgan fingerprint density at radius 1 is 1.04 bits per heavy atom. The van der Waals surface area contributed by atoms with Crippen LogP contribution in [0.15, 0.2) is 36.4 Å². The zero-order valence-electron chi connectivity index (χ0n) is 13.6. The molecule has 2 aromatic rings. The summed E-state index contributed by atoms with van der Waals surface area (Å²) >= 11 is 0. The Kier molecular flexibility index (Phi) is 4.88. The lowest BCUT2D eigenvalue weighted by molar-refractivity contribution is -0.185. The van der Waals surface area contributed by atoms with Gasteiger partial charge in [-0.05, 0) is 54.2 Å². The monoisotopic (exact) mass is 352 g/mol. The van der Waals surface area contributed by atoms with Gasteiger partial charge < -0.3 is 9.84 Å². The van der Waals surface area contributed by atoms with Gasteiger partial charge >= 0.3 is 12.1 Å². The zero-order chi connectivity index (χ0) is 18.0. The second kappa shape index (κ2) is 6.94. The summed E-state index contributed by atoms with van der Waals surface area (Å²) in [6, 6.07) is 10.9. The SMILES string of the molecule is O=C(O)Cc1ccc2cc(O[C@H]3CC[C@@H](C(F)(F)F)CC3)ccc2c1. The minimum absolute atomic E-state index is 0.0311. The molecule has 2 aromatic carbocycles. The maximum atomic E-state index is 12.7. The smallest absolute Gasteiger partial charge is 0.391 e. The van der Waals surface area contributed by atoms with Gasteiger partial charge in [-0.2, -0.15) is 13.2 Å². The molecule has 134 valence electrons. The summed E-state index contributed by atoms with van der Waals surface area (Å²) in [4.78, 5) is 10.8. The molecule has 3 rings (SSSR count). The van der Waals surface area contributed by atoms with Gasteiger partial charge in [0, 0.05) is 0 Å². The number of aliphatic carboxylic acids is 1. The van der Waals surface area contributed by atoms with Gasteiger partial charge in [0.15, 0.2) is 0 Å². The van der Waals surface area contributed by atoms with Crippen LogP contribution in [0.3, 0.4) is 0 Å². The Labute approximate surface area is 143 Å². The number of benzene rings is 2. The van der Waals surface area contributed by atoms with Crippen molar-refractivity contribution >= 4 is 16.7 Å². The zero-order valence-corrected chi connectivity index (χ0v) is 13.6.